The first-order valence-corrected chi connectivity index (χ1v) is 12.5. The van der Waals surface area contributed by atoms with Gasteiger partial charge in [-0.15, -0.1) is 0 Å². The highest BCUT2D eigenvalue weighted by atomic mass is 16.3. The van der Waals surface area contributed by atoms with E-state index in [-0.39, 0.29) is 17.9 Å². The van der Waals surface area contributed by atoms with Crippen LogP contribution in [-0.4, -0.2) is 41.1 Å². The van der Waals surface area contributed by atoms with Crippen molar-refractivity contribution in [2.24, 2.45) is 5.92 Å². The van der Waals surface area contributed by atoms with Crippen molar-refractivity contribution in [1.82, 2.24) is 4.90 Å². The van der Waals surface area contributed by atoms with Crippen LogP contribution in [0.3, 0.4) is 0 Å². The van der Waals surface area contributed by atoms with Crippen molar-refractivity contribution in [1.29, 1.82) is 0 Å². The van der Waals surface area contributed by atoms with Gasteiger partial charge in [0, 0.05) is 37.7 Å². The number of hydrogen-bond donors (Lipinski definition) is 1. The summed E-state index contributed by atoms with van der Waals surface area (Å²) >= 11 is 0. The molecule has 1 saturated heterocycles. The summed E-state index contributed by atoms with van der Waals surface area (Å²) in [6.45, 7) is 6.95. The minimum Gasteiger partial charge on any atom is -0.389 e. The molecule has 0 bridgehead atoms. The number of anilines is 1. The number of aryl methyl sites for hydroxylation is 1. The lowest BCUT2D eigenvalue weighted by molar-refractivity contribution is -0.155. The Bertz CT molecular complexity index is 878. The largest absolute Gasteiger partial charge is 0.389 e. The summed E-state index contributed by atoms with van der Waals surface area (Å²) in [5, 5.41) is 11.5. The molecule has 4 rings (SSSR count). The van der Waals surface area contributed by atoms with Crippen LogP contribution in [0.25, 0.3) is 0 Å². The fourth-order valence-corrected chi connectivity index (χ4v) is 5.88. The minimum absolute atomic E-state index is 0.0388. The number of fused-ring (bicyclic) bond motifs is 1. The number of likely N-dealkylation sites (tertiary alicyclic amines) is 1. The van der Waals surface area contributed by atoms with Crippen LogP contribution in [0.5, 0.6) is 0 Å². The Hall–Kier alpha value is -2.33. The summed E-state index contributed by atoms with van der Waals surface area (Å²) in [6.07, 6.45) is 6.04. The number of hydrogen-bond acceptors (Lipinski definition) is 3. The molecule has 2 aromatic rings. The van der Waals surface area contributed by atoms with E-state index in [1.165, 1.54) is 16.8 Å². The third-order valence-corrected chi connectivity index (χ3v) is 7.72. The van der Waals surface area contributed by atoms with Crippen LogP contribution in [0.15, 0.2) is 54.6 Å². The molecule has 1 aliphatic carbocycles. The van der Waals surface area contributed by atoms with Crippen LogP contribution in [0.1, 0.15) is 69.5 Å². The predicted molar refractivity (Wildman–Crippen MR) is 131 cm³/mol. The van der Waals surface area contributed by atoms with Gasteiger partial charge in [0.2, 0.25) is 5.91 Å². The third kappa shape index (κ3) is 4.71. The standard InChI is InChI=1S/C28H38N2O2/c1-3-29(4-2)24-16-14-23(15-17-24)27-25-12-8-9-19-28(25,32)20-21-30(27)26(31)18-13-22-10-6-5-7-11-22/h5-7,10-11,14-17,25,27,32H,3-4,8-9,12-13,18-21H2,1-2H3/t25-,27-,28+/m0/s1. The van der Waals surface area contributed by atoms with Crippen molar-refractivity contribution in [3.05, 3.63) is 65.7 Å². The molecule has 2 fully saturated rings. The van der Waals surface area contributed by atoms with Gasteiger partial charge in [-0.2, -0.15) is 0 Å². The lowest BCUT2D eigenvalue weighted by atomic mass is 9.66. The molecule has 0 unspecified atom stereocenters. The summed E-state index contributed by atoms with van der Waals surface area (Å²) in [5.41, 5.74) is 2.94. The van der Waals surface area contributed by atoms with Gasteiger partial charge < -0.3 is 14.9 Å². The topological polar surface area (TPSA) is 43.8 Å². The van der Waals surface area contributed by atoms with Crippen LogP contribution in [0, 0.1) is 5.92 Å². The molecule has 4 nitrogen and oxygen atoms in total. The van der Waals surface area contributed by atoms with Gasteiger partial charge in [0.15, 0.2) is 0 Å². The SMILES string of the molecule is CCN(CC)c1ccc([C@H]2[C@@H]3CCCC[C@@]3(O)CCN2C(=O)CCc2ccccc2)cc1. The van der Waals surface area contributed by atoms with Crippen LogP contribution in [-0.2, 0) is 11.2 Å². The zero-order valence-corrected chi connectivity index (χ0v) is 19.7. The molecule has 1 saturated carbocycles. The molecule has 4 heteroatoms. The molecule has 1 N–H and O–H groups in total. The Balaban J connectivity index is 1.59. The van der Waals surface area contributed by atoms with Crippen LogP contribution in [0.2, 0.25) is 0 Å². The van der Waals surface area contributed by atoms with E-state index in [0.29, 0.717) is 19.4 Å². The highest BCUT2D eigenvalue weighted by Crippen LogP contribution is 2.49. The van der Waals surface area contributed by atoms with Crippen molar-refractivity contribution in [2.75, 3.05) is 24.5 Å². The van der Waals surface area contributed by atoms with E-state index in [1.807, 2.05) is 18.2 Å². The van der Waals surface area contributed by atoms with Crippen molar-refractivity contribution in [3.63, 3.8) is 0 Å². The number of benzene rings is 2. The van der Waals surface area contributed by atoms with E-state index in [2.05, 4.69) is 60.0 Å². The summed E-state index contributed by atoms with van der Waals surface area (Å²) in [7, 11) is 0. The molecule has 0 spiro atoms. The Morgan fingerprint density at radius 3 is 2.44 bits per heavy atom. The van der Waals surface area contributed by atoms with E-state index in [4.69, 9.17) is 0 Å². The maximum absolute atomic E-state index is 13.4. The number of piperidine rings is 1. The Morgan fingerprint density at radius 2 is 1.75 bits per heavy atom. The molecule has 2 aromatic carbocycles. The van der Waals surface area contributed by atoms with Crippen molar-refractivity contribution < 1.29 is 9.90 Å². The third-order valence-electron chi connectivity index (χ3n) is 7.72. The van der Waals surface area contributed by atoms with Crippen LogP contribution in [0.4, 0.5) is 5.69 Å². The van der Waals surface area contributed by atoms with Crippen molar-refractivity contribution >= 4 is 11.6 Å². The monoisotopic (exact) mass is 434 g/mol. The average molecular weight is 435 g/mol. The summed E-state index contributed by atoms with van der Waals surface area (Å²) in [4.78, 5) is 17.9. The van der Waals surface area contributed by atoms with Gasteiger partial charge in [0.1, 0.15) is 0 Å². The number of nitrogens with zero attached hydrogens (tertiary/aromatic N) is 2. The second-order valence-corrected chi connectivity index (χ2v) is 9.49. The lowest BCUT2D eigenvalue weighted by Gasteiger charge is -2.52. The van der Waals surface area contributed by atoms with Crippen molar-refractivity contribution in [2.45, 2.75) is 70.4 Å². The highest BCUT2D eigenvalue weighted by Gasteiger charge is 2.49. The molecular weight excluding hydrogens is 396 g/mol. The predicted octanol–water partition coefficient (Wildman–Crippen LogP) is 5.36. The molecule has 1 heterocycles. The van der Waals surface area contributed by atoms with E-state index >= 15 is 0 Å². The van der Waals surface area contributed by atoms with Gasteiger partial charge in [-0.05, 0) is 62.8 Å². The summed E-state index contributed by atoms with van der Waals surface area (Å²) < 4.78 is 0. The molecule has 3 atom stereocenters. The fraction of sp³-hybridized carbons (Fsp3) is 0.536. The van der Waals surface area contributed by atoms with Gasteiger partial charge in [0.05, 0.1) is 11.6 Å². The summed E-state index contributed by atoms with van der Waals surface area (Å²) in [6, 6.07) is 19.0. The quantitative estimate of drug-likeness (QED) is 0.638. The molecule has 2 aliphatic rings. The Labute approximate surface area is 193 Å². The van der Waals surface area contributed by atoms with E-state index in [0.717, 1.165) is 45.2 Å². The van der Waals surface area contributed by atoms with Crippen LogP contribution >= 0.6 is 0 Å². The maximum atomic E-state index is 13.4. The zero-order valence-electron chi connectivity index (χ0n) is 19.7. The van der Waals surface area contributed by atoms with Gasteiger partial charge in [-0.25, -0.2) is 0 Å². The molecule has 0 radical (unpaired) electrons. The number of carbonyl (C=O) groups is 1. The Morgan fingerprint density at radius 1 is 1.03 bits per heavy atom. The number of aliphatic hydroxyl groups is 1. The second kappa shape index (κ2) is 10.1. The second-order valence-electron chi connectivity index (χ2n) is 9.49. The zero-order chi connectivity index (χ0) is 22.6. The van der Waals surface area contributed by atoms with E-state index < -0.39 is 5.60 Å². The molecule has 1 aliphatic heterocycles. The molecule has 172 valence electrons. The summed E-state index contributed by atoms with van der Waals surface area (Å²) in [5.74, 6) is 0.323. The highest BCUT2D eigenvalue weighted by molar-refractivity contribution is 5.77. The minimum atomic E-state index is -0.642. The lowest BCUT2D eigenvalue weighted by Crippen LogP contribution is -2.56. The average Bonchev–Trinajstić information content (AvgIpc) is 2.83. The molecule has 1 amide bonds. The van der Waals surface area contributed by atoms with Gasteiger partial charge in [0.25, 0.3) is 0 Å². The van der Waals surface area contributed by atoms with Gasteiger partial charge >= 0.3 is 0 Å². The van der Waals surface area contributed by atoms with Gasteiger partial charge in [-0.3, -0.25) is 4.79 Å². The number of rotatable bonds is 7. The smallest absolute Gasteiger partial charge is 0.223 e. The van der Waals surface area contributed by atoms with E-state index in [9.17, 15) is 9.90 Å². The molecule has 0 aromatic heterocycles. The maximum Gasteiger partial charge on any atom is 0.223 e. The van der Waals surface area contributed by atoms with Gasteiger partial charge in [-0.1, -0.05) is 55.3 Å². The first-order chi connectivity index (χ1) is 15.6. The molecule has 32 heavy (non-hydrogen) atoms. The molecular formula is C28H38N2O2. The van der Waals surface area contributed by atoms with Crippen LogP contribution < -0.4 is 4.90 Å². The Kier molecular flexibility index (Phi) is 7.20. The number of amides is 1. The normalized spacial score (nSPS) is 25.3. The first-order valence-electron chi connectivity index (χ1n) is 12.5. The van der Waals surface area contributed by atoms with E-state index in [1.54, 1.807) is 0 Å². The fourth-order valence-electron chi connectivity index (χ4n) is 5.88. The van der Waals surface area contributed by atoms with Crippen molar-refractivity contribution in [3.8, 4) is 0 Å². The number of carbonyl (C=O) groups excluding carboxylic acids is 1. The first kappa shape index (κ1) is 22.8.